The number of amides is 1. The van der Waals surface area contributed by atoms with Gasteiger partial charge in [-0.25, -0.2) is 0 Å². The van der Waals surface area contributed by atoms with Crippen molar-refractivity contribution in [3.63, 3.8) is 0 Å². The predicted molar refractivity (Wildman–Crippen MR) is 81.8 cm³/mol. The van der Waals surface area contributed by atoms with Crippen LogP contribution < -0.4 is 5.32 Å². The molecule has 1 N–H and O–H groups in total. The van der Waals surface area contributed by atoms with E-state index in [2.05, 4.69) is 17.2 Å². The Bertz CT molecular complexity index is 633. The normalized spacial score (nSPS) is 9.80. The second-order valence-corrected chi connectivity index (χ2v) is 4.13. The molecule has 2 heteroatoms. The van der Waals surface area contributed by atoms with Crippen LogP contribution in [0.15, 0.2) is 66.7 Å². The summed E-state index contributed by atoms with van der Waals surface area (Å²) in [5.74, 6) is 5.76. The first kappa shape index (κ1) is 13.6. The van der Waals surface area contributed by atoms with Gasteiger partial charge in [-0.1, -0.05) is 60.4 Å². The van der Waals surface area contributed by atoms with Gasteiger partial charge in [0.25, 0.3) is 0 Å². The fourth-order valence-corrected chi connectivity index (χ4v) is 1.59. The minimum atomic E-state index is -0.142. The molecule has 2 nitrogen and oxygen atoms in total. The Kier molecular flexibility index (Phi) is 5.18. The smallest absolute Gasteiger partial charge is 0.244 e. The summed E-state index contributed by atoms with van der Waals surface area (Å²) in [5.41, 5.74) is 1.94. The number of nitrogens with one attached hydrogen (secondary N) is 1. The number of benzene rings is 2. The maximum Gasteiger partial charge on any atom is 0.244 e. The van der Waals surface area contributed by atoms with Crippen LogP contribution in [0.4, 0.5) is 0 Å². The van der Waals surface area contributed by atoms with Crippen LogP contribution in [0.1, 0.15) is 11.1 Å². The second kappa shape index (κ2) is 7.60. The topological polar surface area (TPSA) is 29.1 Å². The molecule has 0 unspecified atom stereocenters. The van der Waals surface area contributed by atoms with Gasteiger partial charge in [-0.2, -0.15) is 0 Å². The van der Waals surface area contributed by atoms with E-state index in [0.29, 0.717) is 6.54 Å². The van der Waals surface area contributed by atoms with E-state index >= 15 is 0 Å². The van der Waals surface area contributed by atoms with Gasteiger partial charge in [0, 0.05) is 11.6 Å². The fraction of sp³-hybridized carbons (Fsp3) is 0.0556. The summed E-state index contributed by atoms with van der Waals surface area (Å²) in [6, 6.07) is 19.4. The molecule has 0 atom stereocenters. The predicted octanol–water partition coefficient (Wildman–Crippen LogP) is 2.87. The monoisotopic (exact) mass is 261 g/mol. The lowest BCUT2D eigenvalue weighted by atomic mass is 10.2. The Morgan fingerprint density at radius 3 is 2.35 bits per heavy atom. The molecule has 0 heterocycles. The molecule has 0 aliphatic heterocycles. The van der Waals surface area contributed by atoms with Gasteiger partial charge >= 0.3 is 0 Å². The van der Waals surface area contributed by atoms with Gasteiger partial charge in [0.2, 0.25) is 5.91 Å². The summed E-state index contributed by atoms with van der Waals surface area (Å²) in [7, 11) is 0. The van der Waals surface area contributed by atoms with Crippen molar-refractivity contribution >= 4 is 12.0 Å². The van der Waals surface area contributed by atoms with Gasteiger partial charge in [0.1, 0.15) is 0 Å². The van der Waals surface area contributed by atoms with Crippen LogP contribution in [0.3, 0.4) is 0 Å². The Balaban J connectivity index is 1.79. The van der Waals surface area contributed by atoms with Crippen molar-refractivity contribution < 1.29 is 4.79 Å². The SMILES string of the molecule is O=C(/C=C/c1ccccc1)NCC#Cc1ccccc1. The minimum absolute atomic E-state index is 0.142. The quantitative estimate of drug-likeness (QED) is 0.668. The summed E-state index contributed by atoms with van der Waals surface area (Å²) >= 11 is 0. The van der Waals surface area contributed by atoms with Crippen LogP contribution in [-0.2, 0) is 4.79 Å². The van der Waals surface area contributed by atoms with Crippen molar-refractivity contribution in [2.75, 3.05) is 6.54 Å². The van der Waals surface area contributed by atoms with E-state index in [1.165, 1.54) is 6.08 Å². The Morgan fingerprint density at radius 1 is 1.00 bits per heavy atom. The highest BCUT2D eigenvalue weighted by atomic mass is 16.1. The van der Waals surface area contributed by atoms with E-state index < -0.39 is 0 Å². The maximum atomic E-state index is 11.6. The van der Waals surface area contributed by atoms with Crippen molar-refractivity contribution in [3.8, 4) is 11.8 Å². The molecule has 0 saturated heterocycles. The summed E-state index contributed by atoms with van der Waals surface area (Å²) < 4.78 is 0. The van der Waals surface area contributed by atoms with Crippen LogP contribution >= 0.6 is 0 Å². The lowest BCUT2D eigenvalue weighted by Gasteiger charge is -1.95. The standard InChI is InChI=1S/C18H15NO/c20-18(14-13-17-10-5-2-6-11-17)19-15-7-12-16-8-3-1-4-9-16/h1-6,8-11,13-14H,15H2,(H,19,20)/b14-13+. The van der Waals surface area contributed by atoms with Crippen molar-refractivity contribution in [1.82, 2.24) is 5.32 Å². The Morgan fingerprint density at radius 2 is 1.65 bits per heavy atom. The van der Waals surface area contributed by atoms with Gasteiger partial charge in [0.05, 0.1) is 6.54 Å². The third kappa shape index (κ3) is 4.83. The third-order valence-corrected chi connectivity index (χ3v) is 2.58. The molecule has 1 amide bonds. The summed E-state index contributed by atoms with van der Waals surface area (Å²) in [6.45, 7) is 0.340. The van der Waals surface area contributed by atoms with E-state index in [1.807, 2.05) is 60.7 Å². The molecule has 2 aromatic carbocycles. The first-order valence-corrected chi connectivity index (χ1v) is 6.39. The first-order valence-electron chi connectivity index (χ1n) is 6.39. The molecule has 0 spiro atoms. The number of carbonyl (C=O) groups excluding carboxylic acids is 1. The molecule has 0 radical (unpaired) electrons. The highest BCUT2D eigenvalue weighted by molar-refractivity contribution is 5.91. The van der Waals surface area contributed by atoms with Gasteiger partial charge in [-0.05, 0) is 23.8 Å². The Labute approximate surface area is 119 Å². The van der Waals surface area contributed by atoms with Crippen LogP contribution in [-0.4, -0.2) is 12.5 Å². The highest BCUT2D eigenvalue weighted by Crippen LogP contribution is 2.00. The van der Waals surface area contributed by atoms with Gasteiger partial charge < -0.3 is 5.32 Å². The number of carbonyl (C=O) groups is 1. The van der Waals surface area contributed by atoms with E-state index in [-0.39, 0.29) is 5.91 Å². The van der Waals surface area contributed by atoms with E-state index in [1.54, 1.807) is 6.08 Å². The zero-order valence-corrected chi connectivity index (χ0v) is 11.0. The molecule has 98 valence electrons. The molecule has 0 fully saturated rings. The average molecular weight is 261 g/mol. The van der Waals surface area contributed by atoms with E-state index in [4.69, 9.17) is 0 Å². The largest absolute Gasteiger partial charge is 0.342 e. The molecule has 0 aliphatic rings. The second-order valence-electron chi connectivity index (χ2n) is 4.13. The van der Waals surface area contributed by atoms with Gasteiger partial charge in [-0.15, -0.1) is 0 Å². The summed E-state index contributed by atoms with van der Waals surface area (Å²) in [5, 5.41) is 2.72. The molecule has 20 heavy (non-hydrogen) atoms. The highest BCUT2D eigenvalue weighted by Gasteiger charge is 1.91. The van der Waals surface area contributed by atoms with Crippen molar-refractivity contribution in [2.24, 2.45) is 0 Å². The number of hydrogen-bond donors (Lipinski definition) is 1. The van der Waals surface area contributed by atoms with Gasteiger partial charge in [0.15, 0.2) is 0 Å². The van der Waals surface area contributed by atoms with Crippen LogP contribution in [0.5, 0.6) is 0 Å². The lowest BCUT2D eigenvalue weighted by molar-refractivity contribution is -0.116. The summed E-state index contributed by atoms with van der Waals surface area (Å²) in [6.07, 6.45) is 3.29. The lowest BCUT2D eigenvalue weighted by Crippen LogP contribution is -2.20. The minimum Gasteiger partial charge on any atom is -0.342 e. The molecule has 2 aromatic rings. The molecule has 0 saturated carbocycles. The maximum absolute atomic E-state index is 11.6. The van der Waals surface area contributed by atoms with Crippen molar-refractivity contribution in [1.29, 1.82) is 0 Å². The van der Waals surface area contributed by atoms with E-state index in [9.17, 15) is 4.79 Å². The molecular formula is C18H15NO. The van der Waals surface area contributed by atoms with Crippen LogP contribution in [0.25, 0.3) is 6.08 Å². The van der Waals surface area contributed by atoms with Crippen molar-refractivity contribution in [2.45, 2.75) is 0 Å². The van der Waals surface area contributed by atoms with Crippen molar-refractivity contribution in [3.05, 3.63) is 77.9 Å². The number of rotatable bonds is 3. The molecule has 0 aliphatic carbocycles. The number of hydrogen-bond acceptors (Lipinski definition) is 1. The van der Waals surface area contributed by atoms with Gasteiger partial charge in [-0.3, -0.25) is 4.79 Å². The zero-order chi connectivity index (χ0) is 14.0. The molecule has 0 bridgehead atoms. The average Bonchev–Trinajstić information content (AvgIpc) is 2.52. The van der Waals surface area contributed by atoms with Crippen LogP contribution in [0.2, 0.25) is 0 Å². The molecular weight excluding hydrogens is 246 g/mol. The first-order chi connectivity index (χ1) is 9.84. The third-order valence-electron chi connectivity index (χ3n) is 2.58. The summed E-state index contributed by atoms with van der Waals surface area (Å²) in [4.78, 5) is 11.6. The zero-order valence-electron chi connectivity index (χ0n) is 11.0. The fourth-order valence-electron chi connectivity index (χ4n) is 1.59. The van der Waals surface area contributed by atoms with E-state index in [0.717, 1.165) is 11.1 Å². The molecule has 0 aromatic heterocycles. The Hall–Kier alpha value is -2.79. The van der Waals surface area contributed by atoms with Crippen LogP contribution in [0, 0.1) is 11.8 Å². The molecule has 2 rings (SSSR count).